The summed E-state index contributed by atoms with van der Waals surface area (Å²) in [4.78, 5) is 14.3. The minimum absolute atomic E-state index is 0.158. The van der Waals surface area contributed by atoms with Gasteiger partial charge in [0.25, 0.3) is 5.91 Å². The Balaban J connectivity index is 1.69. The number of nitrogens with zero attached hydrogens (tertiary/aromatic N) is 1. The average Bonchev–Trinajstić information content (AvgIpc) is 2.99. The first-order chi connectivity index (χ1) is 11.2. The predicted molar refractivity (Wildman–Crippen MR) is 96.7 cm³/mol. The summed E-state index contributed by atoms with van der Waals surface area (Å²) in [5.41, 5.74) is 4.72. The highest BCUT2D eigenvalue weighted by Gasteiger charge is 2.16. The van der Waals surface area contributed by atoms with Crippen molar-refractivity contribution in [1.29, 1.82) is 0 Å². The van der Waals surface area contributed by atoms with E-state index in [-0.39, 0.29) is 5.91 Å². The van der Waals surface area contributed by atoms with Crippen LogP contribution >= 0.6 is 27.3 Å². The summed E-state index contributed by atoms with van der Waals surface area (Å²) >= 11 is 4.99. The molecule has 1 amide bonds. The third kappa shape index (κ3) is 3.82. The van der Waals surface area contributed by atoms with Crippen LogP contribution in [0.1, 0.15) is 38.5 Å². The van der Waals surface area contributed by atoms with Gasteiger partial charge in [0.15, 0.2) is 0 Å². The highest BCUT2D eigenvalue weighted by Crippen LogP contribution is 2.29. The summed E-state index contributed by atoms with van der Waals surface area (Å²) in [7, 11) is 1.61. The van der Waals surface area contributed by atoms with Crippen LogP contribution in [0.4, 0.5) is 0 Å². The first-order valence-electron chi connectivity index (χ1n) is 7.46. The van der Waals surface area contributed by atoms with Crippen molar-refractivity contribution in [3.8, 4) is 5.75 Å². The second-order valence-corrected chi connectivity index (χ2v) is 7.40. The topological polar surface area (TPSA) is 50.7 Å². The molecule has 0 atom stereocenters. The number of methoxy groups -OCH3 is 1. The van der Waals surface area contributed by atoms with Gasteiger partial charge in [-0.15, -0.1) is 11.3 Å². The van der Waals surface area contributed by atoms with Crippen LogP contribution in [0.2, 0.25) is 0 Å². The van der Waals surface area contributed by atoms with E-state index >= 15 is 0 Å². The van der Waals surface area contributed by atoms with Crippen LogP contribution in [-0.4, -0.2) is 19.2 Å². The Morgan fingerprint density at radius 2 is 2.17 bits per heavy atom. The summed E-state index contributed by atoms with van der Waals surface area (Å²) < 4.78 is 6.20. The number of ether oxygens (including phenoxy) is 1. The van der Waals surface area contributed by atoms with E-state index < -0.39 is 0 Å². The maximum absolute atomic E-state index is 12.2. The summed E-state index contributed by atoms with van der Waals surface area (Å²) in [6.45, 7) is 0. The zero-order valence-electron chi connectivity index (χ0n) is 12.8. The molecule has 0 unspecified atom stereocenters. The fourth-order valence-electron chi connectivity index (χ4n) is 2.62. The Labute approximate surface area is 147 Å². The number of aryl methyl sites for hydroxylation is 2. The normalized spacial score (nSPS) is 13.8. The molecule has 1 aliphatic carbocycles. The fourth-order valence-corrected chi connectivity index (χ4v) is 4.15. The second kappa shape index (κ2) is 7.27. The standard InChI is InChI=1S/C17H17BrN2O2S/c1-22-14-7-6-13(18)8-12(14)10-19-20-17(21)16-9-11-4-2-3-5-15(11)23-16/h6-10H,2-5H2,1H3,(H,20,21)/b19-10+. The van der Waals surface area contributed by atoms with Gasteiger partial charge < -0.3 is 4.74 Å². The highest BCUT2D eigenvalue weighted by molar-refractivity contribution is 9.10. The van der Waals surface area contributed by atoms with Crippen LogP contribution in [0.3, 0.4) is 0 Å². The maximum atomic E-state index is 12.2. The van der Waals surface area contributed by atoms with Gasteiger partial charge in [0.2, 0.25) is 0 Å². The summed E-state index contributed by atoms with van der Waals surface area (Å²) in [5, 5.41) is 4.06. The van der Waals surface area contributed by atoms with Crippen LogP contribution in [0, 0.1) is 0 Å². The molecular formula is C17H17BrN2O2S. The van der Waals surface area contributed by atoms with Gasteiger partial charge in [-0.2, -0.15) is 5.10 Å². The largest absolute Gasteiger partial charge is 0.496 e. The number of hydrogen-bond donors (Lipinski definition) is 1. The van der Waals surface area contributed by atoms with E-state index in [0.29, 0.717) is 5.75 Å². The van der Waals surface area contributed by atoms with Crippen molar-refractivity contribution in [3.05, 3.63) is 49.6 Å². The molecule has 0 radical (unpaired) electrons. The number of carbonyl (C=O) groups excluding carboxylic acids is 1. The quantitative estimate of drug-likeness (QED) is 0.627. The van der Waals surface area contributed by atoms with Crippen molar-refractivity contribution in [2.75, 3.05) is 7.11 Å². The molecule has 2 aromatic rings. The lowest BCUT2D eigenvalue weighted by Crippen LogP contribution is -2.16. The number of hydrogen-bond acceptors (Lipinski definition) is 4. The van der Waals surface area contributed by atoms with Gasteiger partial charge in [-0.3, -0.25) is 4.79 Å². The van der Waals surface area contributed by atoms with Crippen LogP contribution < -0.4 is 10.2 Å². The van der Waals surface area contributed by atoms with Crippen LogP contribution in [0.25, 0.3) is 0 Å². The number of rotatable bonds is 4. The third-order valence-corrected chi connectivity index (χ3v) is 5.51. The lowest BCUT2D eigenvalue weighted by molar-refractivity contribution is 0.0959. The molecule has 1 aliphatic rings. The van der Waals surface area contributed by atoms with E-state index in [1.807, 2.05) is 24.3 Å². The Morgan fingerprint density at radius 1 is 1.35 bits per heavy atom. The molecule has 4 nitrogen and oxygen atoms in total. The number of nitrogens with one attached hydrogen (secondary N) is 1. The average molecular weight is 393 g/mol. The van der Waals surface area contributed by atoms with E-state index in [0.717, 1.165) is 27.8 Å². The number of thiophene rings is 1. The SMILES string of the molecule is COc1ccc(Br)cc1/C=N/NC(=O)c1cc2c(s1)CCCC2. The Kier molecular flexibility index (Phi) is 5.13. The lowest BCUT2D eigenvalue weighted by atomic mass is 9.99. The van der Waals surface area contributed by atoms with Gasteiger partial charge in [-0.1, -0.05) is 15.9 Å². The number of amides is 1. The summed E-state index contributed by atoms with van der Waals surface area (Å²) in [5.74, 6) is 0.549. The van der Waals surface area contributed by atoms with E-state index in [4.69, 9.17) is 4.74 Å². The van der Waals surface area contributed by atoms with Crippen molar-refractivity contribution in [2.24, 2.45) is 5.10 Å². The van der Waals surface area contributed by atoms with E-state index in [1.165, 1.54) is 23.3 Å². The van der Waals surface area contributed by atoms with Crippen molar-refractivity contribution in [3.63, 3.8) is 0 Å². The van der Waals surface area contributed by atoms with Crippen molar-refractivity contribution in [1.82, 2.24) is 5.43 Å². The highest BCUT2D eigenvalue weighted by atomic mass is 79.9. The van der Waals surface area contributed by atoms with Gasteiger partial charge in [0.1, 0.15) is 5.75 Å². The molecule has 1 heterocycles. The molecule has 6 heteroatoms. The van der Waals surface area contributed by atoms with Crippen LogP contribution in [0.15, 0.2) is 33.8 Å². The van der Waals surface area contributed by atoms with E-state index in [2.05, 4.69) is 26.5 Å². The molecule has 0 aliphatic heterocycles. The monoisotopic (exact) mass is 392 g/mol. The lowest BCUT2D eigenvalue weighted by Gasteiger charge is -2.08. The molecule has 0 spiro atoms. The molecule has 23 heavy (non-hydrogen) atoms. The number of halogens is 1. The van der Waals surface area contributed by atoms with Crippen LogP contribution in [-0.2, 0) is 12.8 Å². The van der Waals surface area contributed by atoms with Gasteiger partial charge in [0.05, 0.1) is 18.2 Å². The molecular weight excluding hydrogens is 376 g/mol. The molecule has 1 aromatic heterocycles. The first kappa shape index (κ1) is 16.2. The van der Waals surface area contributed by atoms with Gasteiger partial charge in [0, 0.05) is 14.9 Å². The molecule has 1 N–H and O–H groups in total. The smallest absolute Gasteiger partial charge is 0.281 e. The van der Waals surface area contributed by atoms with Gasteiger partial charge >= 0.3 is 0 Å². The molecule has 1 aromatic carbocycles. The fraction of sp³-hybridized carbons (Fsp3) is 0.294. The molecule has 0 bridgehead atoms. The molecule has 0 fully saturated rings. The van der Waals surface area contributed by atoms with Gasteiger partial charge in [-0.25, -0.2) is 5.43 Å². The number of hydrazone groups is 1. The number of carbonyl (C=O) groups is 1. The molecule has 3 rings (SSSR count). The van der Waals surface area contributed by atoms with Crippen molar-refractivity contribution >= 4 is 39.4 Å². The van der Waals surface area contributed by atoms with Crippen molar-refractivity contribution < 1.29 is 9.53 Å². The van der Waals surface area contributed by atoms with Gasteiger partial charge in [-0.05, 0) is 55.5 Å². The summed E-state index contributed by atoms with van der Waals surface area (Å²) in [6, 6.07) is 7.63. The Bertz CT molecular complexity index is 732. The predicted octanol–water partition coefficient (Wildman–Crippen LogP) is 4.16. The Hall–Kier alpha value is -1.66. The number of fused-ring (bicyclic) bond motifs is 1. The minimum atomic E-state index is -0.158. The molecule has 0 saturated heterocycles. The zero-order chi connectivity index (χ0) is 16.2. The minimum Gasteiger partial charge on any atom is -0.496 e. The first-order valence-corrected chi connectivity index (χ1v) is 9.07. The summed E-state index contributed by atoms with van der Waals surface area (Å²) in [6.07, 6.45) is 6.19. The second-order valence-electron chi connectivity index (χ2n) is 5.35. The molecule has 0 saturated carbocycles. The van der Waals surface area contributed by atoms with Crippen molar-refractivity contribution in [2.45, 2.75) is 25.7 Å². The Morgan fingerprint density at radius 3 is 2.96 bits per heavy atom. The van der Waals surface area contributed by atoms with E-state index in [1.54, 1.807) is 24.7 Å². The van der Waals surface area contributed by atoms with E-state index in [9.17, 15) is 4.79 Å². The third-order valence-electron chi connectivity index (χ3n) is 3.78. The maximum Gasteiger partial charge on any atom is 0.281 e. The van der Waals surface area contributed by atoms with Crippen LogP contribution in [0.5, 0.6) is 5.75 Å². The zero-order valence-corrected chi connectivity index (χ0v) is 15.2. The number of benzene rings is 1. The molecule has 120 valence electrons.